The van der Waals surface area contributed by atoms with Gasteiger partial charge in [0.1, 0.15) is 10.6 Å². The van der Waals surface area contributed by atoms with Gasteiger partial charge in [0.2, 0.25) is 15.8 Å². The van der Waals surface area contributed by atoms with Crippen LogP contribution in [0.3, 0.4) is 0 Å². The lowest BCUT2D eigenvalue weighted by Gasteiger charge is -2.11. The smallest absolute Gasteiger partial charge is 0.338 e. The second-order valence-electron chi connectivity index (χ2n) is 6.26. The molecule has 2 rings (SSSR count). The fourth-order valence-corrected chi connectivity index (χ4v) is 3.83. The molecule has 0 bridgehead atoms. The number of aryl methyl sites for hydroxylation is 1. The van der Waals surface area contributed by atoms with E-state index >= 15 is 0 Å². The molecule has 2 aromatic rings. The van der Waals surface area contributed by atoms with Gasteiger partial charge in [-0.2, -0.15) is 0 Å². The molecule has 1 aromatic heterocycles. The average Bonchev–Trinajstić information content (AvgIpc) is 2.99. The number of esters is 1. The molecule has 0 unspecified atom stereocenters. The quantitative estimate of drug-likeness (QED) is 0.379. The van der Waals surface area contributed by atoms with Crippen LogP contribution in [0.25, 0.3) is 0 Å². The summed E-state index contributed by atoms with van der Waals surface area (Å²) in [6.45, 7) is 7.49. The second-order valence-corrected chi connectivity index (χ2v) is 8.11. The lowest BCUT2D eigenvalue weighted by atomic mass is 10.1. The van der Waals surface area contributed by atoms with E-state index in [4.69, 9.17) is 9.47 Å². The van der Waals surface area contributed by atoms with E-state index in [1.807, 2.05) is 18.4 Å². The highest BCUT2D eigenvalue weighted by atomic mass is 32.2. The first-order valence-corrected chi connectivity index (χ1v) is 10.2. The average molecular weight is 420 g/mol. The van der Waals surface area contributed by atoms with Crippen molar-refractivity contribution < 1.29 is 27.5 Å². The van der Waals surface area contributed by atoms with Gasteiger partial charge in [-0.25, -0.2) is 17.9 Å². The van der Waals surface area contributed by atoms with Crippen LogP contribution in [0.2, 0.25) is 0 Å². The number of ketones is 1. The number of nitrogens with one attached hydrogen (secondary N) is 1. The fourth-order valence-electron chi connectivity index (χ4n) is 2.91. The first-order chi connectivity index (χ1) is 13.7. The Balaban J connectivity index is 2.19. The molecule has 0 saturated carbocycles. The first-order valence-electron chi connectivity index (χ1n) is 8.75. The molecule has 8 nitrogen and oxygen atoms in total. The van der Waals surface area contributed by atoms with E-state index in [1.165, 1.54) is 26.3 Å². The molecular weight excluding hydrogens is 396 g/mol. The number of rotatable bonds is 9. The minimum Gasteiger partial charge on any atom is -0.495 e. The van der Waals surface area contributed by atoms with E-state index in [2.05, 4.69) is 11.3 Å². The van der Waals surface area contributed by atoms with Crippen LogP contribution in [0, 0.1) is 13.8 Å². The van der Waals surface area contributed by atoms with Gasteiger partial charge in [-0.15, -0.1) is 6.58 Å². The van der Waals surface area contributed by atoms with Crippen molar-refractivity contribution >= 4 is 21.8 Å². The third-order valence-electron chi connectivity index (χ3n) is 4.48. The van der Waals surface area contributed by atoms with Crippen molar-refractivity contribution in [1.82, 2.24) is 9.29 Å². The Morgan fingerprint density at radius 1 is 1.24 bits per heavy atom. The van der Waals surface area contributed by atoms with Gasteiger partial charge in [-0.1, -0.05) is 6.08 Å². The predicted octanol–water partition coefficient (Wildman–Crippen LogP) is 2.25. The maximum absolute atomic E-state index is 12.5. The highest BCUT2D eigenvalue weighted by Gasteiger charge is 2.22. The Morgan fingerprint density at radius 3 is 2.52 bits per heavy atom. The number of nitrogens with zero attached hydrogens (tertiary/aromatic N) is 1. The van der Waals surface area contributed by atoms with Gasteiger partial charge in [0.05, 0.1) is 12.7 Å². The highest BCUT2D eigenvalue weighted by Crippen LogP contribution is 2.25. The zero-order chi connectivity index (χ0) is 21.8. The molecular formula is C20H24N2O6S. The number of allylic oxidation sites excluding steroid dienone is 1. The standard InChI is InChI=1S/C20H24N2O6S/c1-6-9-22-13(2)10-16(14(22)3)17(23)12-28-20(24)15-7-8-18(27-5)19(11-15)29(25,26)21-4/h6-8,10-11,21H,1,9,12H2,2-5H3. The minimum atomic E-state index is -3.84. The monoisotopic (exact) mass is 420 g/mol. The molecule has 29 heavy (non-hydrogen) atoms. The normalized spacial score (nSPS) is 11.2. The van der Waals surface area contributed by atoms with Crippen LogP contribution < -0.4 is 9.46 Å². The van der Waals surface area contributed by atoms with Crippen molar-refractivity contribution in [1.29, 1.82) is 0 Å². The molecule has 0 spiro atoms. The van der Waals surface area contributed by atoms with Crippen molar-refractivity contribution in [3.8, 4) is 5.75 Å². The van der Waals surface area contributed by atoms with Crippen LogP contribution >= 0.6 is 0 Å². The van der Waals surface area contributed by atoms with Crippen LogP contribution in [0.1, 0.15) is 32.1 Å². The molecule has 0 aliphatic heterocycles. The Hall–Kier alpha value is -2.91. The van der Waals surface area contributed by atoms with Crippen LogP contribution in [-0.2, 0) is 21.3 Å². The van der Waals surface area contributed by atoms with E-state index in [0.29, 0.717) is 12.1 Å². The van der Waals surface area contributed by atoms with Crippen molar-refractivity contribution in [2.24, 2.45) is 0 Å². The summed E-state index contributed by atoms with van der Waals surface area (Å²) in [5.74, 6) is -1.08. The molecule has 0 amide bonds. The van der Waals surface area contributed by atoms with Gasteiger partial charge in [-0.05, 0) is 45.2 Å². The van der Waals surface area contributed by atoms with Gasteiger partial charge in [-0.3, -0.25) is 4.79 Å². The van der Waals surface area contributed by atoms with Gasteiger partial charge in [0.25, 0.3) is 0 Å². The molecule has 9 heteroatoms. The summed E-state index contributed by atoms with van der Waals surface area (Å²) in [6.07, 6.45) is 1.73. The van der Waals surface area contributed by atoms with Crippen molar-refractivity contribution in [3.05, 3.63) is 59.4 Å². The number of sulfonamides is 1. The Morgan fingerprint density at radius 2 is 1.93 bits per heavy atom. The van der Waals surface area contributed by atoms with Crippen molar-refractivity contribution in [2.45, 2.75) is 25.3 Å². The predicted molar refractivity (Wildman–Crippen MR) is 108 cm³/mol. The fraction of sp³-hybridized carbons (Fsp3) is 0.300. The lowest BCUT2D eigenvalue weighted by Crippen LogP contribution is -2.20. The molecule has 1 heterocycles. The molecule has 1 N–H and O–H groups in total. The van der Waals surface area contributed by atoms with Crippen molar-refractivity contribution in [2.75, 3.05) is 20.8 Å². The summed E-state index contributed by atoms with van der Waals surface area (Å²) in [6, 6.07) is 5.61. The van der Waals surface area contributed by atoms with E-state index in [1.54, 1.807) is 12.1 Å². The SMILES string of the molecule is C=CCn1c(C)cc(C(=O)COC(=O)c2ccc(OC)c(S(=O)(=O)NC)c2)c1C. The molecule has 1 aromatic carbocycles. The van der Waals surface area contributed by atoms with Crippen LogP contribution in [-0.4, -0.2) is 45.5 Å². The molecule has 0 saturated heterocycles. The molecule has 0 aliphatic carbocycles. The third-order valence-corrected chi connectivity index (χ3v) is 5.91. The lowest BCUT2D eigenvalue weighted by molar-refractivity contribution is 0.0474. The number of hydrogen-bond donors (Lipinski definition) is 1. The maximum Gasteiger partial charge on any atom is 0.338 e. The van der Waals surface area contributed by atoms with Crippen molar-refractivity contribution in [3.63, 3.8) is 0 Å². The number of ether oxygens (including phenoxy) is 2. The second kappa shape index (κ2) is 9.06. The van der Waals surface area contributed by atoms with Crippen LogP contribution in [0.5, 0.6) is 5.75 Å². The number of Topliss-reactive ketones (excluding diaryl/α,β-unsaturated/α-hetero) is 1. The molecule has 0 atom stereocenters. The highest BCUT2D eigenvalue weighted by molar-refractivity contribution is 7.89. The van der Waals surface area contributed by atoms with Gasteiger partial charge in [0.15, 0.2) is 6.61 Å². The Kier molecular flexibility index (Phi) is 6.99. The largest absolute Gasteiger partial charge is 0.495 e. The Bertz CT molecular complexity index is 1050. The van der Waals surface area contributed by atoms with Gasteiger partial charge in [0, 0.05) is 23.5 Å². The topological polar surface area (TPSA) is 104 Å². The zero-order valence-corrected chi connectivity index (χ0v) is 17.6. The summed E-state index contributed by atoms with van der Waals surface area (Å²) < 4.78 is 38.5. The Labute approximate surface area is 170 Å². The number of methoxy groups -OCH3 is 1. The number of benzene rings is 1. The molecule has 0 aliphatic rings. The third kappa shape index (κ3) is 4.75. The number of aromatic nitrogens is 1. The number of carbonyl (C=O) groups excluding carboxylic acids is 2. The summed E-state index contributed by atoms with van der Waals surface area (Å²) in [5.41, 5.74) is 2.11. The number of hydrogen-bond acceptors (Lipinski definition) is 6. The molecule has 156 valence electrons. The van der Waals surface area contributed by atoms with Crippen LogP contribution in [0.15, 0.2) is 41.8 Å². The van der Waals surface area contributed by atoms with E-state index in [9.17, 15) is 18.0 Å². The summed E-state index contributed by atoms with van der Waals surface area (Å²) in [7, 11) is -1.27. The summed E-state index contributed by atoms with van der Waals surface area (Å²) in [4.78, 5) is 24.7. The number of carbonyl (C=O) groups is 2. The first kappa shape index (κ1) is 22.4. The van der Waals surface area contributed by atoms with E-state index in [-0.39, 0.29) is 22.0 Å². The van der Waals surface area contributed by atoms with Gasteiger partial charge < -0.3 is 14.0 Å². The molecule has 0 fully saturated rings. The summed E-state index contributed by atoms with van der Waals surface area (Å²) in [5, 5.41) is 0. The minimum absolute atomic E-state index is 0.00967. The zero-order valence-electron chi connectivity index (χ0n) is 16.8. The van der Waals surface area contributed by atoms with E-state index < -0.39 is 22.6 Å². The summed E-state index contributed by atoms with van der Waals surface area (Å²) >= 11 is 0. The van der Waals surface area contributed by atoms with Gasteiger partial charge >= 0.3 is 5.97 Å². The van der Waals surface area contributed by atoms with Crippen LogP contribution in [0.4, 0.5) is 0 Å². The maximum atomic E-state index is 12.5. The molecule has 0 radical (unpaired) electrons. The van der Waals surface area contributed by atoms with E-state index in [0.717, 1.165) is 17.5 Å².